The number of hydrogen-bond donors (Lipinski definition) is 1. The summed E-state index contributed by atoms with van der Waals surface area (Å²) in [6, 6.07) is 6.96. The van der Waals surface area contributed by atoms with Crippen molar-refractivity contribution in [3.8, 4) is 0 Å². The van der Waals surface area contributed by atoms with Crippen molar-refractivity contribution >= 4 is 22.6 Å². The second kappa shape index (κ2) is 8.43. The molecule has 8 heteroatoms. The summed E-state index contributed by atoms with van der Waals surface area (Å²) in [4.78, 5) is 20.7. The van der Waals surface area contributed by atoms with Gasteiger partial charge in [-0.15, -0.1) is 0 Å². The van der Waals surface area contributed by atoms with Gasteiger partial charge in [0, 0.05) is 68.3 Å². The first-order chi connectivity index (χ1) is 15.1. The molecule has 1 atom stereocenters. The molecule has 2 aliphatic heterocycles. The van der Waals surface area contributed by atoms with E-state index in [0.717, 1.165) is 74.3 Å². The monoisotopic (exact) mass is 421 g/mol. The summed E-state index contributed by atoms with van der Waals surface area (Å²) in [7, 11) is 2.04. The number of aromatic nitrogens is 3. The first-order valence-corrected chi connectivity index (χ1v) is 11.2. The van der Waals surface area contributed by atoms with Crippen molar-refractivity contribution in [1.29, 1.82) is 0 Å². The Morgan fingerprint density at radius 3 is 2.68 bits per heavy atom. The third-order valence-corrected chi connectivity index (χ3v) is 6.72. The number of oxazole rings is 1. The van der Waals surface area contributed by atoms with Gasteiger partial charge in [0.15, 0.2) is 5.58 Å². The van der Waals surface area contributed by atoms with Crippen molar-refractivity contribution in [2.45, 2.75) is 32.9 Å². The predicted molar refractivity (Wildman–Crippen MR) is 123 cm³/mol. The van der Waals surface area contributed by atoms with Crippen LogP contribution in [0.4, 0.5) is 11.5 Å². The largest absolute Gasteiger partial charge is 0.439 e. The molecule has 3 aromatic rings. The standard InChI is InChI=1S/C23H31N7O/c1-16-17(2)25-15-26-23(16)29-10-8-28(9-11-29)14-22-27-20-5-4-19(12-21(20)31-22)30-7-6-18(13-30)24-3/h4-5,12,15,18,24H,6-11,13-14H2,1-3H3/t18-/m0/s1. The first kappa shape index (κ1) is 20.2. The molecule has 0 saturated carbocycles. The summed E-state index contributed by atoms with van der Waals surface area (Å²) in [5.41, 5.74) is 5.26. The summed E-state index contributed by atoms with van der Waals surface area (Å²) in [6.45, 7) is 10.8. The zero-order valence-corrected chi connectivity index (χ0v) is 18.6. The highest BCUT2D eigenvalue weighted by molar-refractivity contribution is 5.77. The van der Waals surface area contributed by atoms with Crippen LogP contribution in [0.15, 0.2) is 28.9 Å². The third-order valence-electron chi connectivity index (χ3n) is 6.72. The lowest BCUT2D eigenvalue weighted by Crippen LogP contribution is -2.46. The van der Waals surface area contributed by atoms with Gasteiger partial charge < -0.3 is 19.5 Å². The van der Waals surface area contributed by atoms with Gasteiger partial charge in [-0.2, -0.15) is 0 Å². The quantitative estimate of drug-likeness (QED) is 0.673. The van der Waals surface area contributed by atoms with E-state index in [2.05, 4.69) is 55.1 Å². The average molecular weight is 422 g/mol. The van der Waals surface area contributed by atoms with E-state index in [9.17, 15) is 0 Å². The van der Waals surface area contributed by atoms with Crippen LogP contribution in [-0.4, -0.2) is 72.2 Å². The fraction of sp³-hybridized carbons (Fsp3) is 0.522. The molecule has 5 rings (SSSR count). The van der Waals surface area contributed by atoms with Gasteiger partial charge in [0.05, 0.1) is 6.54 Å². The zero-order chi connectivity index (χ0) is 21.4. The van der Waals surface area contributed by atoms with Crippen molar-refractivity contribution in [3.05, 3.63) is 41.7 Å². The van der Waals surface area contributed by atoms with Crippen LogP contribution < -0.4 is 15.1 Å². The normalized spacial score (nSPS) is 20.2. The Hall–Kier alpha value is -2.71. The summed E-state index contributed by atoms with van der Waals surface area (Å²) in [5.74, 6) is 1.85. The van der Waals surface area contributed by atoms with Gasteiger partial charge in [-0.05, 0) is 39.4 Å². The van der Waals surface area contributed by atoms with Gasteiger partial charge in [0.2, 0.25) is 5.89 Å². The van der Waals surface area contributed by atoms with E-state index in [1.807, 2.05) is 14.0 Å². The summed E-state index contributed by atoms with van der Waals surface area (Å²) < 4.78 is 6.14. The highest BCUT2D eigenvalue weighted by Crippen LogP contribution is 2.26. The van der Waals surface area contributed by atoms with Gasteiger partial charge in [-0.25, -0.2) is 15.0 Å². The molecule has 8 nitrogen and oxygen atoms in total. The lowest BCUT2D eigenvalue weighted by Gasteiger charge is -2.35. The van der Waals surface area contributed by atoms with Crippen LogP contribution in [0, 0.1) is 13.8 Å². The number of benzene rings is 1. The Morgan fingerprint density at radius 2 is 1.90 bits per heavy atom. The van der Waals surface area contributed by atoms with Crippen LogP contribution in [0.1, 0.15) is 23.6 Å². The highest BCUT2D eigenvalue weighted by Gasteiger charge is 2.23. The van der Waals surface area contributed by atoms with Gasteiger partial charge in [-0.1, -0.05) is 0 Å². The molecule has 4 heterocycles. The third kappa shape index (κ3) is 4.09. The number of rotatable bonds is 5. The molecule has 2 fully saturated rings. The van der Waals surface area contributed by atoms with Gasteiger partial charge in [0.1, 0.15) is 17.7 Å². The molecule has 2 saturated heterocycles. The molecule has 31 heavy (non-hydrogen) atoms. The number of nitrogens with zero attached hydrogens (tertiary/aromatic N) is 6. The molecule has 0 spiro atoms. The van der Waals surface area contributed by atoms with Crippen LogP contribution in [0.2, 0.25) is 0 Å². The molecule has 0 amide bonds. The number of fused-ring (bicyclic) bond motifs is 1. The first-order valence-electron chi connectivity index (χ1n) is 11.2. The smallest absolute Gasteiger partial charge is 0.209 e. The fourth-order valence-electron chi connectivity index (χ4n) is 4.61. The number of nitrogens with one attached hydrogen (secondary N) is 1. The lowest BCUT2D eigenvalue weighted by molar-refractivity contribution is 0.228. The second-order valence-electron chi connectivity index (χ2n) is 8.65. The molecule has 1 N–H and O–H groups in total. The summed E-state index contributed by atoms with van der Waals surface area (Å²) >= 11 is 0. The molecular formula is C23H31N7O. The molecule has 0 radical (unpaired) electrons. The van der Waals surface area contributed by atoms with E-state index in [1.54, 1.807) is 6.33 Å². The van der Waals surface area contributed by atoms with Crippen LogP contribution in [0.25, 0.3) is 11.1 Å². The number of hydrogen-bond acceptors (Lipinski definition) is 8. The van der Waals surface area contributed by atoms with Crippen molar-refractivity contribution in [2.75, 3.05) is 56.1 Å². The molecule has 0 unspecified atom stereocenters. The maximum absolute atomic E-state index is 6.14. The van der Waals surface area contributed by atoms with E-state index >= 15 is 0 Å². The Balaban J connectivity index is 1.23. The van der Waals surface area contributed by atoms with Gasteiger partial charge in [-0.3, -0.25) is 4.90 Å². The van der Waals surface area contributed by atoms with Gasteiger partial charge in [0.25, 0.3) is 0 Å². The predicted octanol–water partition coefficient (Wildman–Crippen LogP) is 2.35. The fourth-order valence-corrected chi connectivity index (χ4v) is 4.61. The highest BCUT2D eigenvalue weighted by atomic mass is 16.3. The van der Waals surface area contributed by atoms with Crippen molar-refractivity contribution in [2.24, 2.45) is 0 Å². The molecular weight excluding hydrogens is 390 g/mol. The Labute approximate surface area is 183 Å². The zero-order valence-electron chi connectivity index (χ0n) is 18.6. The van der Waals surface area contributed by atoms with Crippen LogP contribution >= 0.6 is 0 Å². The second-order valence-corrected chi connectivity index (χ2v) is 8.65. The maximum atomic E-state index is 6.14. The van der Waals surface area contributed by atoms with E-state index in [-0.39, 0.29) is 0 Å². The van der Waals surface area contributed by atoms with Crippen LogP contribution in [0.3, 0.4) is 0 Å². The lowest BCUT2D eigenvalue weighted by atomic mass is 10.2. The Morgan fingerprint density at radius 1 is 1.06 bits per heavy atom. The molecule has 2 aliphatic rings. The maximum Gasteiger partial charge on any atom is 0.209 e. The van der Waals surface area contributed by atoms with E-state index in [4.69, 9.17) is 9.40 Å². The molecule has 0 aliphatic carbocycles. The number of anilines is 2. The number of likely N-dealkylation sites (N-methyl/N-ethyl adjacent to an activating group) is 1. The summed E-state index contributed by atoms with van der Waals surface area (Å²) in [6.07, 6.45) is 2.84. The van der Waals surface area contributed by atoms with Crippen LogP contribution in [-0.2, 0) is 6.54 Å². The van der Waals surface area contributed by atoms with E-state index in [1.165, 1.54) is 17.7 Å². The molecule has 0 bridgehead atoms. The van der Waals surface area contributed by atoms with Crippen LogP contribution in [0.5, 0.6) is 0 Å². The van der Waals surface area contributed by atoms with Crippen molar-refractivity contribution < 1.29 is 4.42 Å². The van der Waals surface area contributed by atoms with E-state index < -0.39 is 0 Å². The molecule has 1 aromatic carbocycles. The van der Waals surface area contributed by atoms with E-state index in [0.29, 0.717) is 6.04 Å². The van der Waals surface area contributed by atoms with Gasteiger partial charge >= 0.3 is 0 Å². The average Bonchev–Trinajstić information content (AvgIpc) is 3.42. The topological polar surface area (TPSA) is 73.6 Å². The minimum absolute atomic E-state index is 0.565. The van der Waals surface area contributed by atoms with Crippen molar-refractivity contribution in [3.63, 3.8) is 0 Å². The molecule has 164 valence electrons. The Kier molecular flexibility index (Phi) is 5.50. The molecule has 2 aromatic heterocycles. The number of piperazine rings is 1. The minimum atomic E-state index is 0.565. The van der Waals surface area contributed by atoms with Crippen molar-refractivity contribution in [1.82, 2.24) is 25.2 Å². The summed E-state index contributed by atoms with van der Waals surface area (Å²) in [5, 5.41) is 3.38. The Bertz CT molecular complexity index is 1060. The SMILES string of the molecule is CN[C@H]1CCN(c2ccc3nc(CN4CCN(c5ncnc(C)c5C)CC4)oc3c2)C1. The number of aryl methyl sites for hydroxylation is 1. The minimum Gasteiger partial charge on any atom is -0.439 e.